The average Bonchev–Trinajstić information content (AvgIpc) is 2.91. The van der Waals surface area contributed by atoms with Gasteiger partial charge in [-0.15, -0.1) is 10.2 Å². The van der Waals surface area contributed by atoms with E-state index in [1.165, 1.54) is 0 Å². The van der Waals surface area contributed by atoms with E-state index in [1.807, 2.05) is 24.3 Å². The summed E-state index contributed by atoms with van der Waals surface area (Å²) in [5.41, 5.74) is 2.05. The number of carbonyl (C=O) groups excluding carboxylic acids is 1. The fourth-order valence-electron chi connectivity index (χ4n) is 1.52. The van der Waals surface area contributed by atoms with E-state index in [4.69, 9.17) is 4.74 Å². The van der Waals surface area contributed by atoms with Gasteiger partial charge in [0, 0.05) is 13.7 Å². The first-order valence-corrected chi connectivity index (χ1v) is 5.38. The van der Waals surface area contributed by atoms with Crippen LogP contribution in [0.2, 0.25) is 0 Å². The number of rotatable bonds is 5. The Kier molecular flexibility index (Phi) is 3.98. The van der Waals surface area contributed by atoms with Crippen molar-refractivity contribution >= 4 is 5.91 Å². The van der Waals surface area contributed by atoms with Crippen molar-refractivity contribution in [2.75, 3.05) is 7.11 Å². The number of nitrogens with one attached hydrogen (secondary N) is 2. The quantitative estimate of drug-likeness (QED) is 0.791. The molecule has 0 saturated heterocycles. The van der Waals surface area contributed by atoms with Gasteiger partial charge in [0.05, 0.1) is 6.61 Å². The number of hydrogen-bond acceptors (Lipinski definition) is 5. The molecule has 1 aromatic carbocycles. The second kappa shape index (κ2) is 5.87. The van der Waals surface area contributed by atoms with Gasteiger partial charge in [0.25, 0.3) is 11.7 Å². The molecule has 0 spiro atoms. The third kappa shape index (κ3) is 3.11. The lowest BCUT2D eigenvalue weighted by Crippen LogP contribution is -2.24. The van der Waals surface area contributed by atoms with Crippen LogP contribution in [0, 0.1) is 0 Å². The van der Waals surface area contributed by atoms with Crippen molar-refractivity contribution in [3.8, 4) is 0 Å². The van der Waals surface area contributed by atoms with Crippen LogP contribution in [0.15, 0.2) is 24.3 Å². The van der Waals surface area contributed by atoms with E-state index < -0.39 is 0 Å². The van der Waals surface area contributed by atoms with Crippen molar-refractivity contribution in [3.63, 3.8) is 0 Å². The second-order valence-corrected chi connectivity index (χ2v) is 3.67. The molecule has 2 aromatic rings. The Bertz CT molecular complexity index is 512. The normalized spacial score (nSPS) is 10.3. The molecule has 0 aliphatic rings. The number of H-pyrrole nitrogens is 1. The van der Waals surface area contributed by atoms with Gasteiger partial charge >= 0.3 is 0 Å². The highest BCUT2D eigenvalue weighted by Crippen LogP contribution is 2.06. The zero-order chi connectivity index (χ0) is 12.8. The number of aromatic amines is 1. The van der Waals surface area contributed by atoms with Crippen molar-refractivity contribution in [2.45, 2.75) is 13.2 Å². The molecule has 0 unspecified atom stereocenters. The smallest absolute Gasteiger partial charge is 0.293 e. The zero-order valence-electron chi connectivity index (χ0n) is 9.88. The van der Waals surface area contributed by atoms with Gasteiger partial charge in [0.15, 0.2) is 0 Å². The second-order valence-electron chi connectivity index (χ2n) is 3.67. The van der Waals surface area contributed by atoms with E-state index in [0.29, 0.717) is 13.2 Å². The van der Waals surface area contributed by atoms with Crippen LogP contribution in [0.1, 0.15) is 21.7 Å². The van der Waals surface area contributed by atoms with Crippen LogP contribution in [0.5, 0.6) is 0 Å². The summed E-state index contributed by atoms with van der Waals surface area (Å²) in [4.78, 5) is 11.6. The van der Waals surface area contributed by atoms with Crippen LogP contribution in [-0.2, 0) is 17.9 Å². The maximum atomic E-state index is 11.6. The van der Waals surface area contributed by atoms with Crippen LogP contribution in [0.3, 0.4) is 0 Å². The Morgan fingerprint density at radius 2 is 2.28 bits per heavy atom. The van der Waals surface area contributed by atoms with Gasteiger partial charge in [-0.05, 0) is 16.3 Å². The Hall–Kier alpha value is -2.28. The molecule has 0 saturated carbocycles. The van der Waals surface area contributed by atoms with E-state index in [-0.39, 0.29) is 11.7 Å². The summed E-state index contributed by atoms with van der Waals surface area (Å²) < 4.78 is 5.05. The molecule has 2 rings (SSSR count). The number of methoxy groups -OCH3 is 1. The first kappa shape index (κ1) is 12.2. The van der Waals surface area contributed by atoms with Gasteiger partial charge < -0.3 is 10.1 Å². The minimum Gasteiger partial charge on any atom is -0.380 e. The number of benzene rings is 1. The molecule has 0 fully saturated rings. The molecule has 1 heterocycles. The van der Waals surface area contributed by atoms with Crippen LogP contribution in [-0.4, -0.2) is 33.6 Å². The first-order chi connectivity index (χ1) is 8.79. The summed E-state index contributed by atoms with van der Waals surface area (Å²) in [6, 6.07) is 7.79. The Morgan fingerprint density at radius 1 is 1.44 bits per heavy atom. The maximum absolute atomic E-state index is 11.6. The Labute approximate surface area is 104 Å². The average molecular weight is 247 g/mol. The number of nitrogens with zero attached hydrogens (tertiary/aromatic N) is 3. The van der Waals surface area contributed by atoms with Gasteiger partial charge in [-0.1, -0.05) is 24.3 Å². The minimum absolute atomic E-state index is 0.0306. The number of hydrogen-bond donors (Lipinski definition) is 2. The lowest BCUT2D eigenvalue weighted by atomic mass is 10.1. The number of amides is 1. The van der Waals surface area contributed by atoms with Crippen LogP contribution >= 0.6 is 0 Å². The highest BCUT2D eigenvalue weighted by Gasteiger charge is 2.09. The third-order valence-electron chi connectivity index (χ3n) is 2.30. The molecule has 7 heteroatoms. The third-order valence-corrected chi connectivity index (χ3v) is 2.30. The van der Waals surface area contributed by atoms with Gasteiger partial charge in [0.2, 0.25) is 0 Å². The standard InChI is InChI=1S/C11H13N5O2/c1-18-7-9-4-2-3-8(5-9)6-12-11(17)10-13-15-16-14-10/h2-5H,6-7H2,1H3,(H,12,17)(H,13,14,15,16). The molecular formula is C11H13N5O2. The number of ether oxygens (including phenoxy) is 1. The molecule has 2 N–H and O–H groups in total. The molecular weight excluding hydrogens is 234 g/mol. The molecule has 0 atom stereocenters. The summed E-state index contributed by atoms with van der Waals surface area (Å²) >= 11 is 0. The fraction of sp³-hybridized carbons (Fsp3) is 0.273. The summed E-state index contributed by atoms with van der Waals surface area (Å²) in [7, 11) is 1.64. The molecule has 0 aliphatic heterocycles. The molecule has 18 heavy (non-hydrogen) atoms. The summed E-state index contributed by atoms with van der Waals surface area (Å²) in [6.07, 6.45) is 0. The van der Waals surface area contributed by atoms with E-state index in [9.17, 15) is 4.79 Å². The zero-order valence-corrected chi connectivity index (χ0v) is 9.88. The minimum atomic E-state index is -0.360. The molecule has 1 aromatic heterocycles. The van der Waals surface area contributed by atoms with Crippen molar-refractivity contribution in [2.24, 2.45) is 0 Å². The van der Waals surface area contributed by atoms with Gasteiger partial charge in [-0.25, -0.2) is 0 Å². The van der Waals surface area contributed by atoms with E-state index in [1.54, 1.807) is 7.11 Å². The predicted octanol–water partition coefficient (Wildman–Crippen LogP) is 0.276. The van der Waals surface area contributed by atoms with Gasteiger partial charge in [-0.2, -0.15) is 5.21 Å². The van der Waals surface area contributed by atoms with E-state index in [0.717, 1.165) is 11.1 Å². The van der Waals surface area contributed by atoms with Crippen molar-refractivity contribution in [1.82, 2.24) is 25.9 Å². The highest BCUT2D eigenvalue weighted by atomic mass is 16.5. The van der Waals surface area contributed by atoms with E-state index in [2.05, 4.69) is 25.9 Å². The molecule has 7 nitrogen and oxygen atoms in total. The number of tetrazole rings is 1. The Balaban J connectivity index is 1.93. The Morgan fingerprint density at radius 3 is 3.00 bits per heavy atom. The fourth-order valence-corrected chi connectivity index (χ4v) is 1.52. The van der Waals surface area contributed by atoms with Crippen LogP contribution in [0.4, 0.5) is 0 Å². The number of carbonyl (C=O) groups is 1. The highest BCUT2D eigenvalue weighted by molar-refractivity contribution is 5.89. The van der Waals surface area contributed by atoms with Crippen LogP contribution in [0.25, 0.3) is 0 Å². The van der Waals surface area contributed by atoms with Crippen LogP contribution < -0.4 is 5.32 Å². The SMILES string of the molecule is COCc1cccc(CNC(=O)c2nn[nH]n2)c1. The first-order valence-electron chi connectivity index (χ1n) is 5.38. The summed E-state index contributed by atoms with van der Waals surface area (Å²) in [5.74, 6) is -0.330. The van der Waals surface area contributed by atoms with Gasteiger partial charge in [-0.3, -0.25) is 4.79 Å². The van der Waals surface area contributed by atoms with Gasteiger partial charge in [0.1, 0.15) is 0 Å². The van der Waals surface area contributed by atoms with Crippen molar-refractivity contribution in [1.29, 1.82) is 0 Å². The molecule has 0 radical (unpaired) electrons. The largest absolute Gasteiger partial charge is 0.380 e. The van der Waals surface area contributed by atoms with E-state index >= 15 is 0 Å². The lowest BCUT2D eigenvalue weighted by Gasteiger charge is -2.05. The molecule has 0 aliphatic carbocycles. The van der Waals surface area contributed by atoms with Crippen molar-refractivity contribution in [3.05, 3.63) is 41.2 Å². The maximum Gasteiger partial charge on any atom is 0.293 e. The predicted molar refractivity (Wildman–Crippen MR) is 62.5 cm³/mol. The molecule has 0 bridgehead atoms. The topological polar surface area (TPSA) is 92.8 Å². The monoisotopic (exact) mass is 247 g/mol. The van der Waals surface area contributed by atoms with Crippen molar-refractivity contribution < 1.29 is 9.53 Å². The summed E-state index contributed by atoms with van der Waals surface area (Å²) in [6.45, 7) is 0.956. The number of aromatic nitrogens is 4. The molecule has 94 valence electrons. The lowest BCUT2D eigenvalue weighted by molar-refractivity contribution is 0.0940. The molecule has 1 amide bonds. The summed E-state index contributed by atoms with van der Waals surface area (Å²) in [5, 5.41) is 15.4.